The van der Waals surface area contributed by atoms with Gasteiger partial charge in [0, 0.05) is 10.7 Å². The van der Waals surface area contributed by atoms with E-state index in [9.17, 15) is 0 Å². The molecule has 1 aliphatic heterocycles. The van der Waals surface area contributed by atoms with Crippen molar-refractivity contribution in [1.82, 2.24) is 0 Å². The largest absolute Gasteiger partial charge is 0.369 e. The molecule has 0 aromatic heterocycles. The van der Waals surface area contributed by atoms with E-state index >= 15 is 0 Å². The molecule has 3 rings (SSSR count). The molecule has 2 atom stereocenters. The molecule has 4 heteroatoms. The summed E-state index contributed by atoms with van der Waals surface area (Å²) in [4.78, 5) is 6.69. The highest BCUT2D eigenvalue weighted by Gasteiger charge is 2.49. The van der Waals surface area contributed by atoms with E-state index in [1.807, 2.05) is 18.2 Å². The topological polar surface area (TPSA) is 41.6 Å². The van der Waals surface area contributed by atoms with Gasteiger partial charge >= 0.3 is 0 Å². The normalized spacial score (nSPS) is 31.1. The van der Waals surface area contributed by atoms with Gasteiger partial charge in [-0.2, -0.15) is 0 Å². The Labute approximate surface area is 113 Å². The van der Waals surface area contributed by atoms with Gasteiger partial charge in [0.15, 0.2) is 5.96 Å². The third-order valence-electron chi connectivity index (χ3n) is 4.42. The predicted molar refractivity (Wildman–Crippen MR) is 76.2 cm³/mol. The lowest BCUT2D eigenvalue weighted by atomic mass is 9.87. The quantitative estimate of drug-likeness (QED) is 0.846. The lowest BCUT2D eigenvalue weighted by molar-refractivity contribution is 0.365. The van der Waals surface area contributed by atoms with Crippen LogP contribution < -0.4 is 10.6 Å². The van der Waals surface area contributed by atoms with Crippen molar-refractivity contribution in [2.24, 2.45) is 16.6 Å². The molecule has 1 aliphatic carbocycles. The summed E-state index contributed by atoms with van der Waals surface area (Å²) in [5.41, 5.74) is 7.25. The summed E-state index contributed by atoms with van der Waals surface area (Å²) in [6.07, 6.45) is 3.66. The minimum atomic E-state index is 0.0781. The number of rotatable bonds is 1. The Morgan fingerprint density at radius 2 is 2.33 bits per heavy atom. The number of halogens is 1. The smallest absolute Gasteiger partial charge is 0.196 e. The Bertz CT molecular complexity index is 500. The van der Waals surface area contributed by atoms with Crippen molar-refractivity contribution < 1.29 is 0 Å². The van der Waals surface area contributed by atoms with Crippen LogP contribution in [0.4, 0.5) is 5.69 Å². The van der Waals surface area contributed by atoms with Crippen LogP contribution in [0.15, 0.2) is 29.3 Å². The van der Waals surface area contributed by atoms with Gasteiger partial charge in [-0.05, 0) is 37.0 Å². The van der Waals surface area contributed by atoms with Crippen LogP contribution >= 0.6 is 11.6 Å². The number of nitrogens with two attached hydrogens (primary N) is 1. The van der Waals surface area contributed by atoms with Gasteiger partial charge in [-0.25, -0.2) is 0 Å². The summed E-state index contributed by atoms with van der Waals surface area (Å²) in [5, 5.41) is 0.744. The molecule has 2 aliphatic rings. The first-order valence-electron chi connectivity index (χ1n) is 6.49. The highest BCUT2D eigenvalue weighted by Crippen LogP contribution is 2.45. The fourth-order valence-corrected chi connectivity index (χ4v) is 3.57. The molecule has 0 bridgehead atoms. The van der Waals surface area contributed by atoms with Gasteiger partial charge in [-0.1, -0.05) is 31.0 Å². The summed E-state index contributed by atoms with van der Waals surface area (Å²) in [6, 6.07) is 7.89. The summed E-state index contributed by atoms with van der Waals surface area (Å²) in [7, 11) is 0. The highest BCUT2D eigenvalue weighted by atomic mass is 35.5. The highest BCUT2D eigenvalue weighted by molar-refractivity contribution is 6.31. The Morgan fingerprint density at radius 3 is 3.00 bits per heavy atom. The first-order valence-corrected chi connectivity index (χ1v) is 6.87. The van der Waals surface area contributed by atoms with Gasteiger partial charge in [-0.15, -0.1) is 0 Å². The predicted octanol–water partition coefficient (Wildman–Crippen LogP) is 3.03. The SMILES string of the molecule is CC1CCCC12CN=C(N)N2c1cccc(Cl)c1. The molecule has 1 fully saturated rings. The van der Waals surface area contributed by atoms with E-state index in [1.54, 1.807) is 0 Å². The Hall–Kier alpha value is -1.22. The molecule has 0 saturated heterocycles. The number of nitrogens with zero attached hydrogens (tertiary/aromatic N) is 2. The zero-order valence-corrected chi connectivity index (χ0v) is 11.3. The first kappa shape index (κ1) is 11.8. The Balaban J connectivity index is 2.04. The second kappa shape index (κ2) is 4.16. The van der Waals surface area contributed by atoms with Crippen LogP contribution in [0, 0.1) is 5.92 Å². The average molecular weight is 264 g/mol. The van der Waals surface area contributed by atoms with Crippen LogP contribution in [-0.4, -0.2) is 18.0 Å². The minimum absolute atomic E-state index is 0.0781. The van der Waals surface area contributed by atoms with Gasteiger partial charge < -0.3 is 10.6 Å². The van der Waals surface area contributed by atoms with E-state index in [0.717, 1.165) is 23.7 Å². The summed E-state index contributed by atoms with van der Waals surface area (Å²) >= 11 is 6.10. The number of hydrogen-bond donors (Lipinski definition) is 1. The van der Waals surface area contributed by atoms with Crippen molar-refractivity contribution in [1.29, 1.82) is 0 Å². The van der Waals surface area contributed by atoms with Gasteiger partial charge in [0.05, 0.1) is 12.1 Å². The van der Waals surface area contributed by atoms with Crippen LogP contribution in [-0.2, 0) is 0 Å². The van der Waals surface area contributed by atoms with Crippen molar-refractivity contribution in [3.63, 3.8) is 0 Å². The molecule has 96 valence electrons. The summed E-state index contributed by atoms with van der Waals surface area (Å²) < 4.78 is 0. The van der Waals surface area contributed by atoms with E-state index in [2.05, 4.69) is 22.9 Å². The van der Waals surface area contributed by atoms with Gasteiger partial charge in [-0.3, -0.25) is 4.99 Å². The van der Waals surface area contributed by atoms with Crippen LogP contribution in [0.2, 0.25) is 5.02 Å². The zero-order valence-electron chi connectivity index (χ0n) is 10.6. The summed E-state index contributed by atoms with van der Waals surface area (Å²) in [6.45, 7) is 3.12. The van der Waals surface area contributed by atoms with Crippen molar-refractivity contribution in [3.8, 4) is 0 Å². The number of aliphatic imine (C=N–C) groups is 1. The molecular formula is C14H18ClN3. The second-order valence-corrected chi connectivity index (χ2v) is 5.82. The Kier molecular flexibility index (Phi) is 2.74. The second-order valence-electron chi connectivity index (χ2n) is 5.39. The van der Waals surface area contributed by atoms with Crippen LogP contribution in [0.5, 0.6) is 0 Å². The van der Waals surface area contributed by atoms with E-state index < -0.39 is 0 Å². The third kappa shape index (κ3) is 1.61. The minimum Gasteiger partial charge on any atom is -0.369 e. The van der Waals surface area contributed by atoms with Crippen molar-refractivity contribution in [2.75, 3.05) is 11.4 Å². The van der Waals surface area contributed by atoms with Crippen LogP contribution in [0.25, 0.3) is 0 Å². The fraction of sp³-hybridized carbons (Fsp3) is 0.500. The molecule has 2 N–H and O–H groups in total. The molecule has 3 nitrogen and oxygen atoms in total. The average Bonchev–Trinajstić information content (AvgIpc) is 2.85. The maximum Gasteiger partial charge on any atom is 0.196 e. The lowest BCUT2D eigenvalue weighted by Gasteiger charge is -2.39. The molecule has 0 radical (unpaired) electrons. The summed E-state index contributed by atoms with van der Waals surface area (Å²) in [5.74, 6) is 1.24. The maximum absolute atomic E-state index is 6.11. The van der Waals surface area contributed by atoms with Gasteiger partial charge in [0.25, 0.3) is 0 Å². The molecule has 18 heavy (non-hydrogen) atoms. The van der Waals surface area contributed by atoms with Crippen LogP contribution in [0.1, 0.15) is 26.2 Å². The molecule has 1 aromatic carbocycles. The van der Waals surface area contributed by atoms with Crippen molar-refractivity contribution in [2.45, 2.75) is 31.7 Å². The third-order valence-corrected chi connectivity index (χ3v) is 4.65. The van der Waals surface area contributed by atoms with Crippen LogP contribution in [0.3, 0.4) is 0 Å². The zero-order chi connectivity index (χ0) is 12.8. The number of guanidine groups is 1. The number of hydrogen-bond acceptors (Lipinski definition) is 3. The molecule has 0 amide bonds. The number of benzene rings is 1. The Morgan fingerprint density at radius 1 is 1.50 bits per heavy atom. The number of anilines is 1. The molecule has 1 aromatic rings. The van der Waals surface area contributed by atoms with E-state index in [0.29, 0.717) is 11.9 Å². The molecule has 1 saturated carbocycles. The first-order chi connectivity index (χ1) is 8.63. The molecule has 1 spiro atoms. The standard InChI is InChI=1S/C14H18ClN3/c1-10-4-3-7-14(10)9-17-13(16)18(14)12-6-2-5-11(15)8-12/h2,5-6,8,10H,3-4,7,9H2,1H3,(H2,16,17). The molecular weight excluding hydrogens is 246 g/mol. The van der Waals surface area contributed by atoms with Gasteiger partial charge in [0.2, 0.25) is 0 Å². The maximum atomic E-state index is 6.11. The van der Waals surface area contributed by atoms with E-state index in [4.69, 9.17) is 17.3 Å². The fourth-order valence-electron chi connectivity index (χ4n) is 3.39. The molecule has 1 heterocycles. The van der Waals surface area contributed by atoms with Crippen molar-refractivity contribution in [3.05, 3.63) is 29.3 Å². The monoisotopic (exact) mass is 263 g/mol. The van der Waals surface area contributed by atoms with E-state index in [1.165, 1.54) is 12.8 Å². The molecule has 2 unspecified atom stereocenters. The van der Waals surface area contributed by atoms with E-state index in [-0.39, 0.29) is 5.54 Å². The lowest BCUT2D eigenvalue weighted by Crippen LogP contribution is -2.53. The van der Waals surface area contributed by atoms with Crippen molar-refractivity contribution >= 4 is 23.2 Å². The van der Waals surface area contributed by atoms with Gasteiger partial charge in [0.1, 0.15) is 0 Å².